The molecule has 0 fully saturated rings. The number of benzene rings is 1. The summed E-state index contributed by atoms with van der Waals surface area (Å²) in [5.41, 5.74) is 0.873. The van der Waals surface area contributed by atoms with Crippen molar-refractivity contribution < 1.29 is 29.4 Å². The molecule has 2 aromatic rings. The Morgan fingerprint density at radius 1 is 1.28 bits per heavy atom. The molecule has 0 unspecified atom stereocenters. The van der Waals surface area contributed by atoms with Gasteiger partial charge in [-0.3, -0.25) is 14.8 Å². The molecule has 1 aromatic carbocycles. The Balaban J connectivity index is 2.22. The van der Waals surface area contributed by atoms with E-state index in [9.17, 15) is 24.2 Å². The summed E-state index contributed by atoms with van der Waals surface area (Å²) in [6, 6.07) is 3.92. The first kappa shape index (κ1) is 18.6. The van der Waals surface area contributed by atoms with Gasteiger partial charge in [-0.25, -0.2) is 14.9 Å². The van der Waals surface area contributed by atoms with Crippen molar-refractivity contribution in [2.45, 2.75) is 13.2 Å². The van der Waals surface area contributed by atoms with Crippen LogP contribution >= 0.6 is 11.6 Å². The molecule has 0 aliphatic heterocycles. The Morgan fingerprint density at radius 3 is 2.60 bits per heavy atom. The second-order valence-corrected chi connectivity index (χ2v) is 5.29. The Labute approximate surface area is 145 Å². The molecule has 0 aliphatic carbocycles. The Hall–Kier alpha value is -2.75. The molecule has 0 atom stereocenters. The van der Waals surface area contributed by atoms with Gasteiger partial charge in [0.25, 0.3) is 11.8 Å². The smallest absolute Gasteiger partial charge is 0.297 e. The fourth-order valence-electron chi connectivity index (χ4n) is 2.04. The van der Waals surface area contributed by atoms with Gasteiger partial charge in [0.1, 0.15) is 5.82 Å². The second kappa shape index (κ2) is 7.88. The number of aliphatic hydroxyl groups is 1. The summed E-state index contributed by atoms with van der Waals surface area (Å²) in [7, 11) is 0. The standard InChI is InChI=1S/C15H13ClFN3O5/c16-10-3-7(1-2-11(10)17)4-19-14(23)8-5-18-12(15(24)20-25)13(22)9(8)6-21/h1-3,5,21-22,25H,4,6H2,(H,19,23)(H,20,24). The summed E-state index contributed by atoms with van der Waals surface area (Å²) in [6.45, 7) is -0.742. The number of carbonyl (C=O) groups is 2. The zero-order chi connectivity index (χ0) is 18.6. The monoisotopic (exact) mass is 369 g/mol. The SMILES string of the molecule is O=C(NCc1ccc(F)c(Cl)c1)c1cnc(C(=O)NO)c(O)c1CO. The van der Waals surface area contributed by atoms with E-state index in [-0.39, 0.29) is 22.7 Å². The van der Waals surface area contributed by atoms with Gasteiger partial charge in [0, 0.05) is 18.3 Å². The molecule has 0 radical (unpaired) electrons. The normalized spacial score (nSPS) is 10.4. The number of pyridine rings is 1. The Morgan fingerprint density at radius 2 is 2.00 bits per heavy atom. The largest absolute Gasteiger partial charge is 0.505 e. The lowest BCUT2D eigenvalue weighted by molar-refractivity contribution is 0.0696. The Kier molecular flexibility index (Phi) is 5.86. The number of aromatic hydroxyl groups is 1. The minimum atomic E-state index is -1.10. The van der Waals surface area contributed by atoms with Crippen molar-refractivity contribution >= 4 is 23.4 Å². The van der Waals surface area contributed by atoms with Crippen LogP contribution in [-0.4, -0.2) is 32.2 Å². The Bertz CT molecular complexity index is 831. The number of nitrogens with one attached hydrogen (secondary N) is 2. The van der Waals surface area contributed by atoms with Crippen molar-refractivity contribution in [2.24, 2.45) is 0 Å². The molecule has 0 saturated heterocycles. The maximum atomic E-state index is 13.1. The minimum Gasteiger partial charge on any atom is -0.505 e. The summed E-state index contributed by atoms with van der Waals surface area (Å²) >= 11 is 5.65. The number of aromatic nitrogens is 1. The highest BCUT2D eigenvalue weighted by atomic mass is 35.5. The van der Waals surface area contributed by atoms with Crippen LogP contribution < -0.4 is 10.8 Å². The first-order chi connectivity index (χ1) is 11.9. The number of hydrogen-bond acceptors (Lipinski definition) is 6. The zero-order valence-corrected chi connectivity index (χ0v) is 13.3. The van der Waals surface area contributed by atoms with Crippen molar-refractivity contribution in [1.29, 1.82) is 0 Å². The molecule has 10 heteroatoms. The average molecular weight is 370 g/mol. The average Bonchev–Trinajstić information content (AvgIpc) is 2.61. The summed E-state index contributed by atoms with van der Waals surface area (Å²) in [4.78, 5) is 27.2. The van der Waals surface area contributed by atoms with E-state index in [0.717, 1.165) is 12.3 Å². The van der Waals surface area contributed by atoms with E-state index in [1.807, 2.05) is 0 Å². The second-order valence-electron chi connectivity index (χ2n) is 4.88. The summed E-state index contributed by atoms with van der Waals surface area (Å²) < 4.78 is 13.1. The van der Waals surface area contributed by atoms with Gasteiger partial charge in [-0.15, -0.1) is 0 Å². The molecule has 0 bridgehead atoms. The molecule has 2 amide bonds. The van der Waals surface area contributed by atoms with E-state index in [1.54, 1.807) is 0 Å². The first-order valence-corrected chi connectivity index (χ1v) is 7.25. The molecule has 1 heterocycles. The van der Waals surface area contributed by atoms with E-state index >= 15 is 0 Å². The van der Waals surface area contributed by atoms with Gasteiger partial charge in [-0.2, -0.15) is 0 Å². The molecule has 8 nitrogen and oxygen atoms in total. The molecule has 0 saturated carbocycles. The van der Waals surface area contributed by atoms with Gasteiger partial charge >= 0.3 is 0 Å². The van der Waals surface area contributed by atoms with Gasteiger partial charge in [0.05, 0.1) is 17.2 Å². The number of halogens is 2. The molecular formula is C15H13ClFN3O5. The number of rotatable bonds is 5. The van der Waals surface area contributed by atoms with E-state index < -0.39 is 35.7 Å². The van der Waals surface area contributed by atoms with Crippen molar-refractivity contribution in [3.8, 4) is 5.75 Å². The zero-order valence-electron chi connectivity index (χ0n) is 12.6. The van der Waals surface area contributed by atoms with Gasteiger partial charge in [0.15, 0.2) is 11.4 Å². The number of aliphatic hydroxyl groups excluding tert-OH is 1. The van der Waals surface area contributed by atoms with E-state index in [1.165, 1.54) is 17.6 Å². The van der Waals surface area contributed by atoms with E-state index in [0.29, 0.717) is 5.56 Å². The van der Waals surface area contributed by atoms with Gasteiger partial charge in [-0.05, 0) is 17.7 Å². The van der Waals surface area contributed by atoms with Crippen LogP contribution in [0.1, 0.15) is 32.0 Å². The summed E-state index contributed by atoms with van der Waals surface area (Å²) in [6.07, 6.45) is 0.975. The number of carbonyl (C=O) groups excluding carboxylic acids is 2. The van der Waals surface area contributed by atoms with Crippen molar-refractivity contribution in [1.82, 2.24) is 15.8 Å². The highest BCUT2D eigenvalue weighted by molar-refractivity contribution is 6.30. The fraction of sp³-hybridized carbons (Fsp3) is 0.133. The number of amides is 2. The lowest BCUT2D eigenvalue weighted by atomic mass is 10.1. The van der Waals surface area contributed by atoms with Crippen LogP contribution in [0.25, 0.3) is 0 Å². The van der Waals surface area contributed by atoms with Crippen LogP contribution in [0.4, 0.5) is 4.39 Å². The van der Waals surface area contributed by atoms with Crippen LogP contribution in [0.15, 0.2) is 24.4 Å². The molecule has 0 spiro atoms. The molecular weight excluding hydrogens is 357 g/mol. The van der Waals surface area contributed by atoms with Crippen molar-refractivity contribution in [2.75, 3.05) is 0 Å². The lowest BCUT2D eigenvalue weighted by Gasteiger charge is -2.12. The lowest BCUT2D eigenvalue weighted by Crippen LogP contribution is -2.26. The number of hydroxylamine groups is 1. The topological polar surface area (TPSA) is 132 Å². The third-order valence-electron chi connectivity index (χ3n) is 3.31. The first-order valence-electron chi connectivity index (χ1n) is 6.87. The molecule has 0 aliphatic rings. The van der Waals surface area contributed by atoms with Crippen LogP contribution in [0.2, 0.25) is 5.02 Å². The molecule has 25 heavy (non-hydrogen) atoms. The summed E-state index contributed by atoms with van der Waals surface area (Å²) in [5.74, 6) is -3.11. The maximum Gasteiger partial charge on any atom is 0.297 e. The highest BCUT2D eigenvalue weighted by Gasteiger charge is 2.22. The summed E-state index contributed by atoms with van der Waals surface area (Å²) in [5, 5.41) is 30.3. The van der Waals surface area contributed by atoms with E-state index in [4.69, 9.17) is 16.8 Å². The predicted molar refractivity (Wildman–Crippen MR) is 83.7 cm³/mol. The van der Waals surface area contributed by atoms with Crippen molar-refractivity contribution in [3.05, 3.63) is 57.6 Å². The molecule has 132 valence electrons. The predicted octanol–water partition coefficient (Wildman–Crippen LogP) is 1.12. The fourth-order valence-corrected chi connectivity index (χ4v) is 2.24. The van der Waals surface area contributed by atoms with Crippen molar-refractivity contribution in [3.63, 3.8) is 0 Å². The number of nitrogens with zero attached hydrogens (tertiary/aromatic N) is 1. The van der Waals surface area contributed by atoms with Gasteiger partial charge in [0.2, 0.25) is 0 Å². The molecule has 5 N–H and O–H groups in total. The highest BCUT2D eigenvalue weighted by Crippen LogP contribution is 2.24. The maximum absolute atomic E-state index is 13.1. The van der Waals surface area contributed by atoms with E-state index in [2.05, 4.69) is 10.3 Å². The third-order valence-corrected chi connectivity index (χ3v) is 3.60. The van der Waals surface area contributed by atoms with Gasteiger partial charge in [-0.1, -0.05) is 17.7 Å². The van der Waals surface area contributed by atoms with Crippen LogP contribution in [0, 0.1) is 5.82 Å². The third kappa shape index (κ3) is 4.02. The number of hydrogen-bond donors (Lipinski definition) is 5. The molecule has 2 rings (SSSR count). The van der Waals surface area contributed by atoms with Crippen LogP contribution in [-0.2, 0) is 13.2 Å². The molecule has 1 aromatic heterocycles. The van der Waals surface area contributed by atoms with Crippen LogP contribution in [0.3, 0.4) is 0 Å². The van der Waals surface area contributed by atoms with Gasteiger partial charge < -0.3 is 15.5 Å². The minimum absolute atomic E-state index is 0.00331. The quantitative estimate of drug-likeness (QED) is 0.396. The van der Waals surface area contributed by atoms with Crippen LogP contribution in [0.5, 0.6) is 5.75 Å².